The molecular weight excluding hydrogens is 224 g/mol. The number of hydrogen-bond acceptors (Lipinski definition) is 6. The van der Waals surface area contributed by atoms with Crippen molar-refractivity contribution in [1.29, 1.82) is 0 Å². The number of aliphatic carboxylic acids is 1. The highest BCUT2D eigenvalue weighted by Gasteiger charge is 2.39. The molecule has 1 aromatic heterocycles. The number of carbonyl (C=O) groups is 1. The summed E-state index contributed by atoms with van der Waals surface area (Å²) in [5, 5.41) is 18.7. The highest BCUT2D eigenvalue weighted by molar-refractivity contribution is 5.80. The van der Waals surface area contributed by atoms with E-state index in [1.54, 1.807) is 12.1 Å². The molecule has 2 rings (SSSR count). The van der Waals surface area contributed by atoms with Gasteiger partial charge in [0.1, 0.15) is 11.6 Å². The monoisotopic (exact) mass is 238 g/mol. The first kappa shape index (κ1) is 11.5. The van der Waals surface area contributed by atoms with E-state index in [-0.39, 0.29) is 5.82 Å². The van der Waals surface area contributed by atoms with Gasteiger partial charge in [0, 0.05) is 6.54 Å². The molecule has 1 aliphatic rings. The zero-order valence-electron chi connectivity index (χ0n) is 9.08. The lowest BCUT2D eigenvalue weighted by Crippen LogP contribution is -2.42. The number of anilines is 3. The third-order valence-electron chi connectivity index (χ3n) is 2.86. The number of aromatic nitrogens is 1. The third kappa shape index (κ3) is 1.96. The number of pyridine rings is 1. The zero-order valence-corrected chi connectivity index (χ0v) is 9.08. The van der Waals surface area contributed by atoms with Gasteiger partial charge in [-0.2, -0.15) is 0 Å². The largest absolute Gasteiger partial charge is 0.480 e. The third-order valence-corrected chi connectivity index (χ3v) is 2.86. The van der Waals surface area contributed by atoms with Crippen molar-refractivity contribution in [3.8, 4) is 0 Å². The van der Waals surface area contributed by atoms with Crippen LogP contribution < -0.4 is 16.4 Å². The molecule has 6 N–H and O–H groups in total. The fourth-order valence-corrected chi connectivity index (χ4v) is 1.97. The van der Waals surface area contributed by atoms with Crippen molar-refractivity contribution in [1.82, 2.24) is 4.98 Å². The summed E-state index contributed by atoms with van der Waals surface area (Å²) in [5.41, 5.74) is 11.5. The van der Waals surface area contributed by atoms with Crippen LogP contribution in [0.5, 0.6) is 0 Å². The maximum Gasteiger partial charge on any atom is 0.329 e. The van der Waals surface area contributed by atoms with Crippen LogP contribution in [0.2, 0.25) is 0 Å². The summed E-state index contributed by atoms with van der Waals surface area (Å²) in [6.07, 6.45) is -0.504. The molecule has 0 bridgehead atoms. The lowest BCUT2D eigenvalue weighted by molar-refractivity contribution is -0.140. The van der Waals surface area contributed by atoms with E-state index in [2.05, 4.69) is 4.98 Å². The van der Waals surface area contributed by atoms with Crippen LogP contribution in [0.3, 0.4) is 0 Å². The highest BCUT2D eigenvalue weighted by atomic mass is 16.4. The first-order valence-electron chi connectivity index (χ1n) is 5.20. The molecule has 17 heavy (non-hydrogen) atoms. The van der Waals surface area contributed by atoms with E-state index in [1.165, 1.54) is 4.90 Å². The minimum absolute atomic E-state index is 0.160. The number of rotatable bonds is 2. The summed E-state index contributed by atoms with van der Waals surface area (Å²) < 4.78 is 0. The van der Waals surface area contributed by atoms with Gasteiger partial charge in [-0.3, -0.25) is 0 Å². The summed E-state index contributed by atoms with van der Waals surface area (Å²) >= 11 is 0. The zero-order chi connectivity index (χ0) is 12.6. The quantitative estimate of drug-likeness (QED) is 0.535. The number of aliphatic hydroxyl groups is 1. The van der Waals surface area contributed by atoms with Crippen molar-refractivity contribution < 1.29 is 15.0 Å². The standard InChI is InChI=1S/C10H14N4O3/c11-5-1-2-7(13-9(5)12)14-4-3-6(15)8(14)10(16)17/h1-2,6,8,15H,3-4,11H2,(H2,12,13)(H,16,17). The number of carboxylic acid groups (broad SMARTS) is 1. The van der Waals surface area contributed by atoms with E-state index in [0.717, 1.165) is 0 Å². The summed E-state index contributed by atoms with van der Waals surface area (Å²) in [4.78, 5) is 16.6. The van der Waals surface area contributed by atoms with Gasteiger partial charge in [0.15, 0.2) is 6.04 Å². The Morgan fingerprint density at radius 2 is 2.18 bits per heavy atom. The molecule has 92 valence electrons. The Hall–Kier alpha value is -2.02. The van der Waals surface area contributed by atoms with E-state index in [0.29, 0.717) is 24.5 Å². The molecule has 1 saturated heterocycles. The van der Waals surface area contributed by atoms with Crippen LogP contribution in [0.15, 0.2) is 12.1 Å². The van der Waals surface area contributed by atoms with Gasteiger partial charge in [-0.1, -0.05) is 0 Å². The van der Waals surface area contributed by atoms with Crippen LogP contribution >= 0.6 is 0 Å². The molecule has 0 saturated carbocycles. The van der Waals surface area contributed by atoms with Gasteiger partial charge in [0.2, 0.25) is 0 Å². The molecule has 1 fully saturated rings. The predicted octanol–water partition coefficient (Wildman–Crippen LogP) is -0.730. The summed E-state index contributed by atoms with van der Waals surface area (Å²) in [6, 6.07) is 2.19. The smallest absolute Gasteiger partial charge is 0.329 e. The molecule has 1 aliphatic heterocycles. The van der Waals surface area contributed by atoms with Crippen LogP contribution in [-0.4, -0.2) is 39.9 Å². The molecule has 2 atom stereocenters. The molecule has 2 unspecified atom stereocenters. The molecule has 7 heteroatoms. The molecular formula is C10H14N4O3. The van der Waals surface area contributed by atoms with E-state index in [1.807, 2.05) is 0 Å². The molecule has 0 radical (unpaired) electrons. The van der Waals surface area contributed by atoms with Gasteiger partial charge in [-0.25, -0.2) is 9.78 Å². The van der Waals surface area contributed by atoms with Crippen molar-refractivity contribution in [2.24, 2.45) is 0 Å². The van der Waals surface area contributed by atoms with Crippen LogP contribution in [-0.2, 0) is 4.79 Å². The molecule has 1 aromatic rings. The fraction of sp³-hybridized carbons (Fsp3) is 0.400. The Morgan fingerprint density at radius 1 is 1.47 bits per heavy atom. The minimum atomic E-state index is -1.08. The second-order valence-corrected chi connectivity index (χ2v) is 3.98. The second-order valence-electron chi connectivity index (χ2n) is 3.98. The lowest BCUT2D eigenvalue weighted by atomic mass is 10.2. The number of aliphatic hydroxyl groups excluding tert-OH is 1. The average Bonchev–Trinajstić information content (AvgIpc) is 2.64. The van der Waals surface area contributed by atoms with Crippen molar-refractivity contribution in [3.05, 3.63) is 12.1 Å². The van der Waals surface area contributed by atoms with E-state index in [9.17, 15) is 9.90 Å². The van der Waals surface area contributed by atoms with Crippen LogP contribution in [0.25, 0.3) is 0 Å². The number of nitrogens with zero attached hydrogens (tertiary/aromatic N) is 2. The molecule has 0 amide bonds. The molecule has 0 spiro atoms. The lowest BCUT2D eigenvalue weighted by Gasteiger charge is -2.23. The predicted molar refractivity (Wildman–Crippen MR) is 62.5 cm³/mol. The van der Waals surface area contributed by atoms with Crippen LogP contribution in [0, 0.1) is 0 Å². The Morgan fingerprint density at radius 3 is 2.76 bits per heavy atom. The Labute approximate surface area is 97.7 Å². The van der Waals surface area contributed by atoms with Crippen molar-refractivity contribution in [2.75, 3.05) is 22.9 Å². The van der Waals surface area contributed by atoms with Gasteiger partial charge < -0.3 is 26.6 Å². The maximum atomic E-state index is 11.1. The first-order valence-corrected chi connectivity index (χ1v) is 5.20. The highest BCUT2D eigenvalue weighted by Crippen LogP contribution is 2.26. The summed E-state index contributed by atoms with van der Waals surface area (Å²) in [7, 11) is 0. The van der Waals surface area contributed by atoms with E-state index >= 15 is 0 Å². The summed E-state index contributed by atoms with van der Waals surface area (Å²) in [6.45, 7) is 0.425. The maximum absolute atomic E-state index is 11.1. The normalized spacial score (nSPS) is 23.9. The van der Waals surface area contributed by atoms with Crippen molar-refractivity contribution in [3.63, 3.8) is 0 Å². The number of nitrogen functional groups attached to an aromatic ring is 2. The van der Waals surface area contributed by atoms with Gasteiger partial charge in [0.25, 0.3) is 0 Å². The number of hydrogen-bond donors (Lipinski definition) is 4. The Kier molecular flexibility index (Phi) is 2.76. The SMILES string of the molecule is Nc1ccc(N2CCC(O)C2C(=O)O)nc1N. The number of carboxylic acids is 1. The van der Waals surface area contributed by atoms with Gasteiger partial charge in [-0.15, -0.1) is 0 Å². The van der Waals surface area contributed by atoms with Crippen LogP contribution in [0.1, 0.15) is 6.42 Å². The minimum Gasteiger partial charge on any atom is -0.480 e. The Balaban J connectivity index is 2.32. The number of nitrogens with two attached hydrogens (primary N) is 2. The van der Waals surface area contributed by atoms with Crippen molar-refractivity contribution in [2.45, 2.75) is 18.6 Å². The van der Waals surface area contributed by atoms with Crippen molar-refractivity contribution >= 4 is 23.3 Å². The van der Waals surface area contributed by atoms with Gasteiger partial charge >= 0.3 is 5.97 Å². The molecule has 7 nitrogen and oxygen atoms in total. The molecule has 0 aliphatic carbocycles. The molecule has 2 heterocycles. The van der Waals surface area contributed by atoms with Gasteiger partial charge in [0.05, 0.1) is 11.8 Å². The van der Waals surface area contributed by atoms with Gasteiger partial charge in [-0.05, 0) is 18.6 Å². The second kappa shape index (κ2) is 4.10. The van der Waals surface area contributed by atoms with E-state index in [4.69, 9.17) is 16.6 Å². The molecule has 0 aromatic carbocycles. The topological polar surface area (TPSA) is 126 Å². The average molecular weight is 238 g/mol. The van der Waals surface area contributed by atoms with Crippen LogP contribution in [0.4, 0.5) is 17.3 Å². The fourth-order valence-electron chi connectivity index (χ4n) is 1.97. The first-order chi connectivity index (χ1) is 8.00. The Bertz CT molecular complexity index is 451. The summed E-state index contributed by atoms with van der Waals surface area (Å²) in [5.74, 6) is -0.499. The van der Waals surface area contributed by atoms with E-state index < -0.39 is 18.1 Å².